The molecule has 0 radical (unpaired) electrons. The molecule has 0 aromatic carbocycles. The number of rotatable bonds is 22. The number of aliphatic hydroxyl groups excluding tert-OH is 8. The summed E-state index contributed by atoms with van der Waals surface area (Å²) in [5, 5.41) is 91.5. The molecule has 15 unspecified atom stereocenters. The van der Waals surface area contributed by atoms with Crippen molar-refractivity contribution in [1.82, 2.24) is 20.2 Å². The van der Waals surface area contributed by atoms with Crippen LogP contribution in [0.2, 0.25) is 0 Å². The molecule has 0 bridgehead atoms. The SMILES string of the molecule is CCCCCCCCCCCCCCC(=O)NC1C(OC2OC(CO)C(O)C(O)C2NC(C)=O)OC(CC(O)C2OC(n3ccc(=O)[nH]c3=O)C(O)C2O)C(O)C1O. The second kappa shape index (κ2) is 23.2. The first-order chi connectivity index (χ1) is 27.7. The van der Waals surface area contributed by atoms with Gasteiger partial charge in [0.25, 0.3) is 5.56 Å². The summed E-state index contributed by atoms with van der Waals surface area (Å²) in [6, 6.07) is -1.94. The molecular formula is C38H64N4O16. The Bertz CT molecular complexity index is 1530. The van der Waals surface area contributed by atoms with Crippen molar-refractivity contribution in [3.8, 4) is 0 Å². The van der Waals surface area contributed by atoms with Crippen LogP contribution in [0.25, 0.3) is 0 Å². The van der Waals surface area contributed by atoms with Gasteiger partial charge in [0.2, 0.25) is 11.8 Å². The molecule has 0 saturated carbocycles. The van der Waals surface area contributed by atoms with E-state index in [0.29, 0.717) is 6.42 Å². The zero-order valence-electron chi connectivity index (χ0n) is 33.2. The minimum absolute atomic E-state index is 0.0658. The predicted molar refractivity (Wildman–Crippen MR) is 203 cm³/mol. The molecule has 3 aliphatic heterocycles. The number of ether oxygens (including phenoxy) is 4. The third-order valence-corrected chi connectivity index (χ3v) is 11.1. The third kappa shape index (κ3) is 12.8. The second-order valence-electron chi connectivity index (χ2n) is 15.6. The van der Waals surface area contributed by atoms with Gasteiger partial charge in [0.05, 0.1) is 18.8 Å². The summed E-state index contributed by atoms with van der Waals surface area (Å²) < 4.78 is 24.2. The molecule has 3 fully saturated rings. The van der Waals surface area contributed by atoms with Crippen LogP contribution in [0.3, 0.4) is 0 Å². The number of aromatic amines is 1. The number of hydrogen-bond acceptors (Lipinski definition) is 16. The monoisotopic (exact) mass is 832 g/mol. The molecule has 1 aromatic heterocycles. The maximum absolute atomic E-state index is 13.2. The van der Waals surface area contributed by atoms with Crippen LogP contribution in [-0.2, 0) is 28.5 Å². The lowest BCUT2D eigenvalue weighted by atomic mass is 9.91. The number of nitrogens with zero attached hydrogens (tertiary/aromatic N) is 1. The average molecular weight is 833 g/mol. The Balaban J connectivity index is 1.43. The Labute approximate surface area is 336 Å². The summed E-state index contributed by atoms with van der Waals surface area (Å²) in [4.78, 5) is 51.2. The van der Waals surface area contributed by atoms with Crippen LogP contribution in [-0.4, -0.2) is 155 Å². The molecule has 2 amide bonds. The van der Waals surface area contributed by atoms with Gasteiger partial charge in [-0.25, -0.2) is 4.79 Å². The Hall–Kier alpha value is -2.86. The number of amides is 2. The quantitative estimate of drug-likeness (QED) is 0.0557. The van der Waals surface area contributed by atoms with Gasteiger partial charge in [-0.05, 0) is 6.42 Å². The van der Waals surface area contributed by atoms with E-state index in [1.54, 1.807) is 0 Å². The summed E-state index contributed by atoms with van der Waals surface area (Å²) in [6.07, 6.45) is -8.01. The zero-order chi connectivity index (χ0) is 42.5. The Kier molecular flexibility index (Phi) is 19.1. The number of nitrogens with one attached hydrogen (secondary N) is 3. The van der Waals surface area contributed by atoms with Gasteiger partial charge in [0.1, 0.15) is 60.9 Å². The fourth-order valence-corrected chi connectivity index (χ4v) is 7.73. The van der Waals surface area contributed by atoms with Crippen molar-refractivity contribution in [2.45, 2.75) is 196 Å². The third-order valence-electron chi connectivity index (χ3n) is 11.1. The van der Waals surface area contributed by atoms with Crippen molar-refractivity contribution in [2.24, 2.45) is 0 Å². The van der Waals surface area contributed by atoms with Crippen LogP contribution in [0.5, 0.6) is 0 Å². The molecule has 20 heteroatoms. The van der Waals surface area contributed by atoms with Gasteiger partial charge >= 0.3 is 5.69 Å². The molecule has 3 aliphatic rings. The van der Waals surface area contributed by atoms with Crippen molar-refractivity contribution < 1.29 is 69.4 Å². The topological polar surface area (TPSA) is 312 Å². The van der Waals surface area contributed by atoms with E-state index in [4.69, 9.17) is 18.9 Å². The minimum Gasteiger partial charge on any atom is -0.394 e. The summed E-state index contributed by atoms with van der Waals surface area (Å²) in [7, 11) is 0. The highest BCUT2D eigenvalue weighted by Gasteiger charge is 2.53. The van der Waals surface area contributed by atoms with Crippen LogP contribution in [0, 0.1) is 0 Å². The van der Waals surface area contributed by atoms with Crippen molar-refractivity contribution in [1.29, 1.82) is 0 Å². The van der Waals surface area contributed by atoms with E-state index in [-0.39, 0.29) is 6.42 Å². The minimum atomic E-state index is -1.82. The van der Waals surface area contributed by atoms with Gasteiger partial charge in [0.15, 0.2) is 18.8 Å². The molecular weight excluding hydrogens is 768 g/mol. The van der Waals surface area contributed by atoms with Gasteiger partial charge in [-0.1, -0.05) is 77.6 Å². The van der Waals surface area contributed by atoms with Crippen LogP contribution in [0.1, 0.15) is 110 Å². The number of H-pyrrole nitrogens is 1. The number of carbonyl (C=O) groups excluding carboxylic acids is 2. The van der Waals surface area contributed by atoms with Gasteiger partial charge in [-0.15, -0.1) is 0 Å². The number of unbranched alkanes of at least 4 members (excludes halogenated alkanes) is 11. The molecule has 0 spiro atoms. The molecule has 11 N–H and O–H groups in total. The first-order valence-corrected chi connectivity index (χ1v) is 20.6. The Morgan fingerprint density at radius 1 is 0.759 bits per heavy atom. The van der Waals surface area contributed by atoms with Gasteiger partial charge in [-0.2, -0.15) is 0 Å². The molecule has 20 nitrogen and oxygen atoms in total. The maximum Gasteiger partial charge on any atom is 0.330 e. The average Bonchev–Trinajstić information content (AvgIpc) is 3.48. The largest absolute Gasteiger partial charge is 0.394 e. The number of carbonyl (C=O) groups is 2. The molecule has 4 rings (SSSR count). The van der Waals surface area contributed by atoms with E-state index in [0.717, 1.165) is 49.4 Å². The lowest BCUT2D eigenvalue weighted by Crippen LogP contribution is -2.69. The first kappa shape index (κ1) is 47.8. The molecule has 4 heterocycles. The standard InChI is InChI=1S/C38H64N4O16/c1-3-4-5-6-7-8-9-10-11-12-13-14-15-24(46)40-27-31(51)28(48)22(55-37(27)58-36-26(39-20(2)44)30(50)29(49)23(19-43)56-36)18-21(45)34-32(52)33(53)35(57-34)42-17-16-25(47)41-38(42)54/h16-17,21-23,26-37,43,45,48-53H,3-15,18-19H2,1-2H3,(H,39,44)(H,40,46)(H,41,47,54). The highest BCUT2D eigenvalue weighted by atomic mass is 16.8. The number of aliphatic hydroxyl groups is 8. The van der Waals surface area contributed by atoms with Crippen molar-refractivity contribution in [3.63, 3.8) is 0 Å². The molecule has 3 saturated heterocycles. The van der Waals surface area contributed by atoms with E-state index in [1.807, 2.05) is 4.98 Å². The summed E-state index contributed by atoms with van der Waals surface area (Å²) >= 11 is 0. The number of aromatic nitrogens is 2. The van der Waals surface area contributed by atoms with Crippen molar-refractivity contribution in [2.75, 3.05) is 6.61 Å². The molecule has 1 aromatic rings. The van der Waals surface area contributed by atoms with Crippen LogP contribution >= 0.6 is 0 Å². The Morgan fingerprint density at radius 2 is 1.29 bits per heavy atom. The highest BCUT2D eigenvalue weighted by Crippen LogP contribution is 2.34. The Morgan fingerprint density at radius 3 is 1.84 bits per heavy atom. The predicted octanol–water partition coefficient (Wildman–Crippen LogP) is -2.11. The van der Waals surface area contributed by atoms with E-state index >= 15 is 0 Å². The van der Waals surface area contributed by atoms with Gasteiger partial charge in [0, 0.05) is 32.0 Å². The lowest BCUT2D eigenvalue weighted by molar-refractivity contribution is -0.347. The van der Waals surface area contributed by atoms with Crippen LogP contribution < -0.4 is 21.9 Å². The van der Waals surface area contributed by atoms with Crippen LogP contribution in [0.4, 0.5) is 0 Å². The smallest absolute Gasteiger partial charge is 0.330 e. The lowest BCUT2D eigenvalue weighted by Gasteiger charge is -2.47. The molecule has 0 aliphatic carbocycles. The highest BCUT2D eigenvalue weighted by molar-refractivity contribution is 5.76. The molecule has 58 heavy (non-hydrogen) atoms. The zero-order valence-corrected chi connectivity index (χ0v) is 33.2. The van der Waals surface area contributed by atoms with Gasteiger partial charge < -0.3 is 70.4 Å². The normalized spacial score (nSPS) is 34.4. The van der Waals surface area contributed by atoms with E-state index in [2.05, 4.69) is 17.6 Å². The second-order valence-corrected chi connectivity index (χ2v) is 15.6. The molecule has 15 atom stereocenters. The van der Waals surface area contributed by atoms with Crippen molar-refractivity contribution >= 4 is 11.8 Å². The van der Waals surface area contributed by atoms with E-state index in [9.17, 15) is 60.0 Å². The number of hydrogen-bond donors (Lipinski definition) is 11. The fourth-order valence-electron chi connectivity index (χ4n) is 7.73. The van der Waals surface area contributed by atoms with Crippen molar-refractivity contribution in [3.05, 3.63) is 33.1 Å². The van der Waals surface area contributed by atoms with Gasteiger partial charge in [-0.3, -0.25) is 23.9 Å². The maximum atomic E-state index is 13.2. The summed E-state index contributed by atoms with van der Waals surface area (Å²) in [6.45, 7) is 2.56. The van der Waals surface area contributed by atoms with E-state index < -0.39 is 128 Å². The first-order valence-electron chi connectivity index (χ1n) is 20.6. The molecule has 332 valence electrons. The fraction of sp³-hybridized carbons (Fsp3) is 0.842. The van der Waals surface area contributed by atoms with E-state index in [1.165, 1.54) is 44.9 Å². The summed E-state index contributed by atoms with van der Waals surface area (Å²) in [5.74, 6) is -1.16. The van der Waals surface area contributed by atoms with Crippen LogP contribution in [0.15, 0.2) is 21.9 Å². The summed E-state index contributed by atoms with van der Waals surface area (Å²) in [5.41, 5.74) is -1.67.